The van der Waals surface area contributed by atoms with Gasteiger partial charge in [0.15, 0.2) is 0 Å². The first-order chi connectivity index (χ1) is 15.6. The highest BCUT2D eigenvalue weighted by molar-refractivity contribution is 6.07. The summed E-state index contributed by atoms with van der Waals surface area (Å²) in [6, 6.07) is 1.73. The minimum absolute atomic E-state index is 0.0506. The van der Waals surface area contributed by atoms with Crippen molar-refractivity contribution in [2.75, 3.05) is 17.3 Å². The Bertz CT molecular complexity index is 1190. The molecule has 0 bridgehead atoms. The van der Waals surface area contributed by atoms with Gasteiger partial charge in [-0.15, -0.1) is 0 Å². The number of carbonyl (C=O) groups excluding carboxylic acids is 1. The SMILES string of the molecule is CN1c2c(c3c(c(C(F)(F)F)c2-c2cccc(C(F)(F)F)c2)NC(=O)C3)C=CC1CC(F)(F)F. The number of hydrogen-bond acceptors (Lipinski definition) is 2. The molecule has 0 aromatic heterocycles. The minimum atomic E-state index is -5.14. The number of fused-ring (bicyclic) bond motifs is 3. The first-order valence-corrected chi connectivity index (χ1v) is 9.83. The first-order valence-electron chi connectivity index (χ1n) is 9.83. The van der Waals surface area contributed by atoms with Crippen molar-refractivity contribution in [1.82, 2.24) is 0 Å². The van der Waals surface area contributed by atoms with Gasteiger partial charge in [0.05, 0.1) is 41.4 Å². The van der Waals surface area contributed by atoms with E-state index < -0.39 is 71.3 Å². The lowest BCUT2D eigenvalue weighted by Gasteiger charge is -2.37. The number of hydrogen-bond donors (Lipinski definition) is 1. The van der Waals surface area contributed by atoms with E-state index in [2.05, 4.69) is 5.32 Å². The van der Waals surface area contributed by atoms with Crippen LogP contribution in [-0.2, 0) is 23.6 Å². The molecular formula is C22H15F9N2O. The summed E-state index contributed by atoms with van der Waals surface area (Å²) in [5, 5.41) is 2.13. The summed E-state index contributed by atoms with van der Waals surface area (Å²) in [6.45, 7) is 0. The van der Waals surface area contributed by atoms with E-state index in [0.717, 1.165) is 30.2 Å². The van der Waals surface area contributed by atoms with Crippen LogP contribution >= 0.6 is 0 Å². The monoisotopic (exact) mass is 494 g/mol. The zero-order valence-electron chi connectivity index (χ0n) is 17.2. The summed E-state index contributed by atoms with van der Waals surface area (Å²) >= 11 is 0. The first kappa shape index (κ1) is 24.0. The zero-order valence-corrected chi connectivity index (χ0v) is 17.2. The van der Waals surface area contributed by atoms with E-state index in [-0.39, 0.29) is 16.8 Å². The van der Waals surface area contributed by atoms with Gasteiger partial charge in [0.2, 0.25) is 5.91 Å². The second-order valence-corrected chi connectivity index (χ2v) is 8.02. The predicted molar refractivity (Wildman–Crippen MR) is 106 cm³/mol. The summed E-state index contributed by atoms with van der Waals surface area (Å²) in [4.78, 5) is 13.0. The smallest absolute Gasteiger partial charge is 0.367 e. The van der Waals surface area contributed by atoms with Gasteiger partial charge in [-0.25, -0.2) is 0 Å². The van der Waals surface area contributed by atoms with E-state index in [1.54, 1.807) is 0 Å². The average molecular weight is 494 g/mol. The molecule has 0 saturated heterocycles. The fourth-order valence-electron chi connectivity index (χ4n) is 4.38. The molecule has 0 aliphatic carbocycles. The number of nitrogens with one attached hydrogen (secondary N) is 1. The molecule has 2 aliphatic rings. The van der Waals surface area contributed by atoms with Gasteiger partial charge in [0.25, 0.3) is 0 Å². The van der Waals surface area contributed by atoms with E-state index in [4.69, 9.17) is 0 Å². The van der Waals surface area contributed by atoms with Gasteiger partial charge < -0.3 is 10.2 Å². The van der Waals surface area contributed by atoms with Crippen molar-refractivity contribution < 1.29 is 44.3 Å². The molecule has 2 aromatic carbocycles. The number of amides is 1. The molecule has 34 heavy (non-hydrogen) atoms. The maximum atomic E-state index is 14.3. The number of halogens is 9. The third kappa shape index (κ3) is 4.21. The molecule has 1 amide bonds. The van der Waals surface area contributed by atoms with Crippen molar-refractivity contribution in [3.63, 3.8) is 0 Å². The lowest BCUT2D eigenvalue weighted by Crippen LogP contribution is -2.37. The highest BCUT2D eigenvalue weighted by atomic mass is 19.4. The average Bonchev–Trinajstić information content (AvgIpc) is 3.07. The van der Waals surface area contributed by atoms with Crippen molar-refractivity contribution in [2.45, 2.75) is 37.4 Å². The second-order valence-electron chi connectivity index (χ2n) is 8.02. The molecular weight excluding hydrogens is 479 g/mol. The van der Waals surface area contributed by atoms with Crippen molar-refractivity contribution in [2.24, 2.45) is 0 Å². The van der Waals surface area contributed by atoms with Crippen molar-refractivity contribution in [3.8, 4) is 11.1 Å². The Kier molecular flexibility index (Phi) is 5.41. The quantitative estimate of drug-likeness (QED) is 0.473. The molecule has 0 fully saturated rings. The summed E-state index contributed by atoms with van der Waals surface area (Å²) in [5.74, 6) is -0.766. The molecule has 1 N–H and O–H groups in total. The van der Waals surface area contributed by atoms with Crippen molar-refractivity contribution in [1.29, 1.82) is 0 Å². The molecule has 12 heteroatoms. The van der Waals surface area contributed by atoms with Crippen molar-refractivity contribution >= 4 is 23.4 Å². The van der Waals surface area contributed by atoms with E-state index in [9.17, 15) is 44.3 Å². The number of rotatable bonds is 2. The van der Waals surface area contributed by atoms with Crippen LogP contribution in [0.15, 0.2) is 30.3 Å². The van der Waals surface area contributed by atoms with Crippen LogP contribution in [0, 0.1) is 0 Å². The zero-order chi connectivity index (χ0) is 25.2. The fraction of sp³-hybridized carbons (Fsp3) is 0.318. The number of benzene rings is 2. The van der Waals surface area contributed by atoms with Gasteiger partial charge in [-0.1, -0.05) is 24.3 Å². The normalized spacial score (nSPS) is 18.1. The van der Waals surface area contributed by atoms with Crippen LogP contribution in [0.1, 0.15) is 28.7 Å². The number of anilines is 2. The number of nitrogens with zero attached hydrogens (tertiary/aromatic N) is 1. The van der Waals surface area contributed by atoms with Crippen LogP contribution in [0.2, 0.25) is 0 Å². The Morgan fingerprint density at radius 2 is 1.71 bits per heavy atom. The molecule has 0 spiro atoms. The minimum Gasteiger partial charge on any atom is -0.367 e. The lowest BCUT2D eigenvalue weighted by molar-refractivity contribution is -0.138. The molecule has 3 nitrogen and oxygen atoms in total. The van der Waals surface area contributed by atoms with Crippen LogP contribution in [0.4, 0.5) is 50.9 Å². The number of carbonyl (C=O) groups is 1. The maximum Gasteiger partial charge on any atom is 0.419 e. The fourth-order valence-corrected chi connectivity index (χ4v) is 4.38. The molecule has 4 rings (SSSR count). The van der Waals surface area contributed by atoms with Crippen molar-refractivity contribution in [3.05, 3.63) is 52.6 Å². The number of alkyl halides is 9. The highest BCUT2D eigenvalue weighted by Gasteiger charge is 2.45. The third-order valence-electron chi connectivity index (χ3n) is 5.76. The summed E-state index contributed by atoms with van der Waals surface area (Å²) in [7, 11) is 1.15. The number of likely N-dealkylation sites (N-methyl/N-ethyl adjacent to an activating group) is 1. The Labute approximate surface area is 186 Å². The van der Waals surface area contributed by atoms with Crippen LogP contribution in [-0.4, -0.2) is 25.2 Å². The third-order valence-corrected chi connectivity index (χ3v) is 5.76. The maximum absolute atomic E-state index is 14.3. The van der Waals surface area contributed by atoms with Gasteiger partial charge in [-0.3, -0.25) is 4.79 Å². The largest absolute Gasteiger partial charge is 0.419 e. The molecule has 0 saturated carbocycles. The summed E-state index contributed by atoms with van der Waals surface area (Å²) in [5.41, 5.74) is -4.79. The van der Waals surface area contributed by atoms with E-state index in [1.165, 1.54) is 6.08 Å². The van der Waals surface area contributed by atoms with Gasteiger partial charge >= 0.3 is 18.5 Å². The van der Waals surface area contributed by atoms with Gasteiger partial charge in [0, 0.05) is 18.2 Å². The topological polar surface area (TPSA) is 32.3 Å². The van der Waals surface area contributed by atoms with E-state index >= 15 is 0 Å². The Morgan fingerprint density at radius 3 is 2.29 bits per heavy atom. The van der Waals surface area contributed by atoms with Crippen LogP contribution in [0.25, 0.3) is 17.2 Å². The molecule has 1 unspecified atom stereocenters. The predicted octanol–water partition coefficient (Wildman–Crippen LogP) is 6.67. The Balaban J connectivity index is 2.08. The molecule has 1 atom stereocenters. The Hall–Kier alpha value is -3.18. The van der Waals surface area contributed by atoms with Crippen LogP contribution < -0.4 is 10.2 Å². The second kappa shape index (κ2) is 7.67. The molecule has 2 aromatic rings. The standard InChI is InChI=1S/C22H15F9N2O/c1-33-12(9-20(23,24)25)5-6-13-14-8-15(34)32-18(14)17(22(29,30)31)16(19(13)33)10-3-2-4-11(7-10)21(26,27)28/h2-7,12H,8-9H2,1H3,(H,32,34). The van der Waals surface area contributed by atoms with Gasteiger partial charge in [0.1, 0.15) is 0 Å². The summed E-state index contributed by atoms with van der Waals surface area (Å²) < 4.78 is 122. The molecule has 182 valence electrons. The highest BCUT2D eigenvalue weighted by Crippen LogP contribution is 2.54. The molecule has 0 radical (unpaired) electrons. The lowest BCUT2D eigenvalue weighted by atomic mass is 9.85. The Morgan fingerprint density at radius 1 is 1.03 bits per heavy atom. The molecule has 2 heterocycles. The van der Waals surface area contributed by atoms with E-state index in [0.29, 0.717) is 12.1 Å². The van der Waals surface area contributed by atoms with Crippen LogP contribution in [0.5, 0.6) is 0 Å². The van der Waals surface area contributed by atoms with E-state index in [1.807, 2.05) is 0 Å². The van der Waals surface area contributed by atoms with Gasteiger partial charge in [-0.2, -0.15) is 39.5 Å². The molecule has 2 aliphatic heterocycles. The summed E-state index contributed by atoms with van der Waals surface area (Å²) in [6.07, 6.45) is -14.2. The van der Waals surface area contributed by atoms with Gasteiger partial charge in [-0.05, 0) is 23.3 Å². The van der Waals surface area contributed by atoms with Crippen LogP contribution in [0.3, 0.4) is 0 Å².